The molecule has 62 valence electrons. The molecule has 1 aromatic rings. The molecule has 0 aromatic heterocycles. The molecule has 3 heteroatoms. The third kappa shape index (κ3) is 1.13. The Labute approximate surface area is 70.8 Å². The number of nitrogens with one attached hydrogen (secondary N) is 2. The molecule has 12 heavy (non-hydrogen) atoms. The summed E-state index contributed by atoms with van der Waals surface area (Å²) in [6.45, 7) is 1.000. The fourth-order valence-electron chi connectivity index (χ4n) is 1.46. The SMILES string of the molecule is O=CNc1ccc2c(c1)CCN2. The minimum absolute atomic E-state index is 0.699. The average molecular weight is 162 g/mol. The average Bonchev–Trinajstić information content (AvgIpc) is 2.51. The molecular weight excluding hydrogens is 152 g/mol. The topological polar surface area (TPSA) is 41.1 Å². The second-order valence-corrected chi connectivity index (χ2v) is 2.81. The monoisotopic (exact) mass is 162 g/mol. The first-order valence-corrected chi connectivity index (χ1v) is 3.97. The van der Waals surface area contributed by atoms with E-state index in [1.54, 1.807) is 0 Å². The van der Waals surface area contributed by atoms with E-state index in [0.717, 1.165) is 18.7 Å². The lowest BCUT2D eigenvalue weighted by Crippen LogP contribution is -1.93. The van der Waals surface area contributed by atoms with Gasteiger partial charge in [-0.1, -0.05) is 0 Å². The Morgan fingerprint density at radius 2 is 2.42 bits per heavy atom. The molecule has 2 rings (SSSR count). The number of hydrogen-bond acceptors (Lipinski definition) is 2. The number of fused-ring (bicyclic) bond motifs is 1. The van der Waals surface area contributed by atoms with Crippen molar-refractivity contribution in [2.45, 2.75) is 6.42 Å². The maximum atomic E-state index is 10.1. The minimum Gasteiger partial charge on any atom is -0.384 e. The first kappa shape index (κ1) is 7.16. The highest BCUT2D eigenvalue weighted by Gasteiger charge is 2.08. The summed E-state index contributed by atoms with van der Waals surface area (Å²) < 4.78 is 0. The maximum Gasteiger partial charge on any atom is 0.211 e. The van der Waals surface area contributed by atoms with Crippen LogP contribution < -0.4 is 10.6 Å². The fraction of sp³-hybridized carbons (Fsp3) is 0.222. The molecule has 0 radical (unpaired) electrons. The zero-order valence-corrected chi connectivity index (χ0v) is 6.63. The van der Waals surface area contributed by atoms with E-state index in [9.17, 15) is 4.79 Å². The van der Waals surface area contributed by atoms with Crippen molar-refractivity contribution in [2.24, 2.45) is 0 Å². The van der Waals surface area contributed by atoms with E-state index < -0.39 is 0 Å². The van der Waals surface area contributed by atoms with Crippen LogP contribution in [0.3, 0.4) is 0 Å². The van der Waals surface area contributed by atoms with Crippen LogP contribution in [0.1, 0.15) is 5.56 Å². The summed E-state index contributed by atoms with van der Waals surface area (Å²) in [6, 6.07) is 5.89. The number of amides is 1. The highest BCUT2D eigenvalue weighted by atomic mass is 16.1. The molecule has 0 fully saturated rings. The van der Waals surface area contributed by atoms with Crippen LogP contribution in [0.2, 0.25) is 0 Å². The number of hydrogen-bond donors (Lipinski definition) is 2. The van der Waals surface area contributed by atoms with Gasteiger partial charge in [0.2, 0.25) is 6.41 Å². The summed E-state index contributed by atoms with van der Waals surface area (Å²) in [5, 5.41) is 5.88. The van der Waals surface area contributed by atoms with E-state index in [4.69, 9.17) is 0 Å². The van der Waals surface area contributed by atoms with E-state index in [1.165, 1.54) is 11.3 Å². The van der Waals surface area contributed by atoms with Gasteiger partial charge in [0.1, 0.15) is 0 Å². The van der Waals surface area contributed by atoms with Crippen molar-refractivity contribution >= 4 is 17.8 Å². The summed E-state index contributed by atoms with van der Waals surface area (Å²) in [4.78, 5) is 10.1. The van der Waals surface area contributed by atoms with Crippen molar-refractivity contribution in [3.05, 3.63) is 23.8 Å². The molecular formula is C9H10N2O. The van der Waals surface area contributed by atoms with Crippen molar-refractivity contribution in [2.75, 3.05) is 17.2 Å². The molecule has 1 heterocycles. The summed E-state index contributed by atoms with van der Waals surface area (Å²) in [7, 11) is 0. The van der Waals surface area contributed by atoms with Crippen LogP contribution in [0.15, 0.2) is 18.2 Å². The molecule has 0 unspecified atom stereocenters. The molecule has 1 amide bonds. The molecule has 0 bridgehead atoms. The highest BCUT2D eigenvalue weighted by Crippen LogP contribution is 2.24. The van der Waals surface area contributed by atoms with Gasteiger partial charge in [0, 0.05) is 17.9 Å². The van der Waals surface area contributed by atoms with Crippen LogP contribution in [0.5, 0.6) is 0 Å². The third-order valence-electron chi connectivity index (χ3n) is 2.04. The standard InChI is InChI=1S/C9H10N2O/c12-6-11-8-1-2-9-7(5-8)3-4-10-9/h1-2,5-6,10H,3-4H2,(H,11,12). The van der Waals surface area contributed by atoms with Crippen LogP contribution in [-0.2, 0) is 11.2 Å². The van der Waals surface area contributed by atoms with Crippen molar-refractivity contribution in [1.29, 1.82) is 0 Å². The first-order valence-electron chi connectivity index (χ1n) is 3.97. The van der Waals surface area contributed by atoms with Gasteiger partial charge >= 0.3 is 0 Å². The smallest absolute Gasteiger partial charge is 0.211 e. The molecule has 0 saturated carbocycles. The van der Waals surface area contributed by atoms with Gasteiger partial charge in [0.15, 0.2) is 0 Å². The number of anilines is 2. The normalized spacial score (nSPS) is 13.3. The van der Waals surface area contributed by atoms with Gasteiger partial charge in [-0.25, -0.2) is 0 Å². The summed E-state index contributed by atoms with van der Waals surface area (Å²) >= 11 is 0. The summed E-state index contributed by atoms with van der Waals surface area (Å²) in [5.41, 5.74) is 3.33. The van der Waals surface area contributed by atoms with Crippen LogP contribution >= 0.6 is 0 Å². The third-order valence-corrected chi connectivity index (χ3v) is 2.04. The summed E-state index contributed by atoms with van der Waals surface area (Å²) in [6.07, 6.45) is 1.74. The predicted octanol–water partition coefficient (Wildman–Crippen LogP) is 1.22. The Kier molecular flexibility index (Phi) is 1.70. The van der Waals surface area contributed by atoms with E-state index in [0.29, 0.717) is 6.41 Å². The lowest BCUT2D eigenvalue weighted by Gasteiger charge is -2.02. The molecule has 0 spiro atoms. The zero-order valence-electron chi connectivity index (χ0n) is 6.63. The van der Waals surface area contributed by atoms with Gasteiger partial charge in [-0.2, -0.15) is 0 Å². The number of benzene rings is 1. The van der Waals surface area contributed by atoms with Gasteiger partial charge < -0.3 is 10.6 Å². The van der Waals surface area contributed by atoms with Crippen molar-refractivity contribution in [1.82, 2.24) is 0 Å². The molecule has 2 N–H and O–H groups in total. The first-order chi connectivity index (χ1) is 5.90. The molecule has 1 aliphatic heterocycles. The molecule has 0 saturated heterocycles. The largest absolute Gasteiger partial charge is 0.384 e. The van der Waals surface area contributed by atoms with Crippen molar-refractivity contribution in [3.8, 4) is 0 Å². The lowest BCUT2D eigenvalue weighted by atomic mass is 10.1. The van der Waals surface area contributed by atoms with Gasteiger partial charge in [-0.15, -0.1) is 0 Å². The van der Waals surface area contributed by atoms with Crippen LogP contribution in [-0.4, -0.2) is 13.0 Å². The Morgan fingerprint density at radius 1 is 1.50 bits per heavy atom. The Balaban J connectivity index is 2.32. The van der Waals surface area contributed by atoms with Gasteiger partial charge in [-0.05, 0) is 30.2 Å². The Morgan fingerprint density at radius 3 is 3.25 bits per heavy atom. The van der Waals surface area contributed by atoms with E-state index in [2.05, 4.69) is 10.6 Å². The van der Waals surface area contributed by atoms with E-state index in [-0.39, 0.29) is 0 Å². The zero-order chi connectivity index (χ0) is 8.39. The predicted molar refractivity (Wildman–Crippen MR) is 48.3 cm³/mol. The molecule has 1 aliphatic rings. The maximum absolute atomic E-state index is 10.1. The van der Waals surface area contributed by atoms with Crippen LogP contribution in [0.4, 0.5) is 11.4 Å². The quantitative estimate of drug-likeness (QED) is 0.642. The minimum atomic E-state index is 0.699. The van der Waals surface area contributed by atoms with Crippen LogP contribution in [0, 0.1) is 0 Å². The van der Waals surface area contributed by atoms with E-state index in [1.807, 2.05) is 18.2 Å². The highest BCUT2D eigenvalue weighted by molar-refractivity contribution is 5.74. The Bertz CT molecular complexity index is 309. The second-order valence-electron chi connectivity index (χ2n) is 2.81. The Hall–Kier alpha value is -1.51. The van der Waals surface area contributed by atoms with E-state index >= 15 is 0 Å². The van der Waals surface area contributed by atoms with Gasteiger partial charge in [0.05, 0.1) is 0 Å². The second kappa shape index (κ2) is 2.85. The summed E-state index contributed by atoms with van der Waals surface area (Å²) in [5.74, 6) is 0. The van der Waals surface area contributed by atoms with Crippen molar-refractivity contribution in [3.63, 3.8) is 0 Å². The molecule has 0 aliphatic carbocycles. The molecule has 0 atom stereocenters. The van der Waals surface area contributed by atoms with Gasteiger partial charge in [0.25, 0.3) is 0 Å². The van der Waals surface area contributed by atoms with Gasteiger partial charge in [-0.3, -0.25) is 4.79 Å². The lowest BCUT2D eigenvalue weighted by molar-refractivity contribution is -0.105. The fourth-order valence-corrected chi connectivity index (χ4v) is 1.46. The number of carbonyl (C=O) groups is 1. The van der Waals surface area contributed by atoms with Crippen molar-refractivity contribution < 1.29 is 4.79 Å². The molecule has 3 nitrogen and oxygen atoms in total. The van der Waals surface area contributed by atoms with Crippen LogP contribution in [0.25, 0.3) is 0 Å². The number of rotatable bonds is 2. The molecule has 1 aromatic carbocycles. The number of carbonyl (C=O) groups excluding carboxylic acids is 1.